The van der Waals surface area contributed by atoms with Crippen LogP contribution in [0, 0.1) is 5.82 Å². The van der Waals surface area contributed by atoms with Crippen molar-refractivity contribution in [3.8, 4) is 0 Å². The van der Waals surface area contributed by atoms with Gasteiger partial charge in [-0.2, -0.15) is 0 Å². The van der Waals surface area contributed by atoms with Crippen molar-refractivity contribution in [2.75, 3.05) is 18.5 Å². The van der Waals surface area contributed by atoms with Crippen molar-refractivity contribution in [1.29, 1.82) is 0 Å². The molecule has 1 atom stereocenters. The van der Waals surface area contributed by atoms with E-state index < -0.39 is 0 Å². The average molecular weight is 292 g/mol. The van der Waals surface area contributed by atoms with E-state index in [1.807, 2.05) is 20.0 Å². The molecule has 0 radical (unpaired) electrons. The van der Waals surface area contributed by atoms with Crippen LogP contribution in [0.3, 0.4) is 0 Å². The fraction of sp³-hybridized carbons (Fsp3) is 0.467. The molecule has 0 aliphatic heterocycles. The average Bonchev–Trinajstić information content (AvgIpc) is 2.94. The Kier molecular flexibility index (Phi) is 5.27. The van der Waals surface area contributed by atoms with Gasteiger partial charge in [0.25, 0.3) is 0 Å². The molecule has 1 heterocycles. The highest BCUT2D eigenvalue weighted by Crippen LogP contribution is 2.18. The Balaban J connectivity index is 2.00. The number of hydrogen-bond donors (Lipinski definition) is 1. The van der Waals surface area contributed by atoms with Crippen LogP contribution < -0.4 is 10.2 Å². The summed E-state index contributed by atoms with van der Waals surface area (Å²) in [6, 6.07) is 6.93. The van der Waals surface area contributed by atoms with Gasteiger partial charge in [0.2, 0.25) is 5.89 Å². The summed E-state index contributed by atoms with van der Waals surface area (Å²) in [6.45, 7) is 5.50. The quantitative estimate of drug-likeness (QED) is 0.850. The zero-order chi connectivity index (χ0) is 15.2. The zero-order valence-electron chi connectivity index (χ0n) is 12.6. The second kappa shape index (κ2) is 7.17. The molecule has 5 nitrogen and oxygen atoms in total. The summed E-state index contributed by atoms with van der Waals surface area (Å²) in [7, 11) is 1.84. The standard InChI is InChI=1S/C15H21FN4O/c1-4-8-17-11(2)14-18-19-15(21-14)20(3)10-12-6-5-7-13(16)9-12/h5-7,9,11,17H,4,8,10H2,1-3H3. The number of rotatable bonds is 7. The second-order valence-electron chi connectivity index (χ2n) is 5.08. The van der Waals surface area contributed by atoms with Gasteiger partial charge in [0, 0.05) is 13.6 Å². The molecule has 0 amide bonds. The van der Waals surface area contributed by atoms with Crippen LogP contribution in [-0.4, -0.2) is 23.8 Å². The minimum absolute atomic E-state index is 0.0220. The number of hydrogen-bond acceptors (Lipinski definition) is 5. The predicted octanol–water partition coefficient (Wildman–Crippen LogP) is 2.91. The summed E-state index contributed by atoms with van der Waals surface area (Å²) in [6.07, 6.45) is 1.05. The summed E-state index contributed by atoms with van der Waals surface area (Å²) >= 11 is 0. The third-order valence-electron chi connectivity index (χ3n) is 3.14. The largest absolute Gasteiger partial charge is 0.406 e. The Bertz CT molecular complexity index is 572. The van der Waals surface area contributed by atoms with E-state index >= 15 is 0 Å². The summed E-state index contributed by atoms with van der Waals surface area (Å²) in [5.74, 6) is 0.314. The molecule has 1 unspecified atom stereocenters. The molecule has 0 bridgehead atoms. The molecule has 0 saturated carbocycles. The van der Waals surface area contributed by atoms with Gasteiger partial charge in [-0.15, -0.1) is 5.10 Å². The van der Waals surface area contributed by atoms with Crippen LogP contribution in [0.25, 0.3) is 0 Å². The molecule has 6 heteroatoms. The lowest BCUT2D eigenvalue weighted by Crippen LogP contribution is -2.19. The first-order chi connectivity index (χ1) is 10.1. The highest BCUT2D eigenvalue weighted by Gasteiger charge is 2.15. The molecular formula is C15H21FN4O. The topological polar surface area (TPSA) is 54.2 Å². The van der Waals surface area contributed by atoms with Crippen LogP contribution in [0.15, 0.2) is 28.7 Å². The fourth-order valence-corrected chi connectivity index (χ4v) is 1.98. The Morgan fingerprint density at radius 1 is 1.38 bits per heavy atom. The van der Waals surface area contributed by atoms with Crippen molar-refractivity contribution < 1.29 is 8.81 Å². The number of anilines is 1. The van der Waals surface area contributed by atoms with Gasteiger partial charge < -0.3 is 14.6 Å². The Morgan fingerprint density at radius 2 is 2.19 bits per heavy atom. The van der Waals surface area contributed by atoms with Crippen LogP contribution in [-0.2, 0) is 6.54 Å². The lowest BCUT2D eigenvalue weighted by atomic mass is 10.2. The van der Waals surface area contributed by atoms with Gasteiger partial charge in [0.15, 0.2) is 0 Å². The summed E-state index contributed by atoms with van der Waals surface area (Å²) in [5, 5.41) is 11.4. The molecule has 21 heavy (non-hydrogen) atoms. The fourth-order valence-electron chi connectivity index (χ4n) is 1.98. The van der Waals surface area contributed by atoms with Crippen molar-refractivity contribution in [3.05, 3.63) is 41.5 Å². The van der Waals surface area contributed by atoms with E-state index in [-0.39, 0.29) is 11.9 Å². The minimum atomic E-state index is -0.246. The van der Waals surface area contributed by atoms with E-state index in [0.29, 0.717) is 18.5 Å². The lowest BCUT2D eigenvalue weighted by molar-refractivity contribution is 0.416. The number of nitrogens with one attached hydrogen (secondary N) is 1. The summed E-state index contributed by atoms with van der Waals surface area (Å²) < 4.78 is 18.8. The molecule has 114 valence electrons. The van der Waals surface area contributed by atoms with Gasteiger partial charge in [0.05, 0.1) is 6.04 Å². The van der Waals surface area contributed by atoms with Gasteiger partial charge in [-0.05, 0) is 37.6 Å². The highest BCUT2D eigenvalue weighted by molar-refractivity contribution is 5.27. The number of benzene rings is 1. The van der Waals surface area contributed by atoms with Crippen molar-refractivity contribution in [2.24, 2.45) is 0 Å². The lowest BCUT2D eigenvalue weighted by Gasteiger charge is -2.14. The van der Waals surface area contributed by atoms with E-state index in [0.717, 1.165) is 18.5 Å². The van der Waals surface area contributed by atoms with Crippen LogP contribution in [0.1, 0.15) is 37.8 Å². The molecule has 2 aromatic rings. The monoisotopic (exact) mass is 292 g/mol. The van der Waals surface area contributed by atoms with Crippen molar-refractivity contribution in [2.45, 2.75) is 32.9 Å². The molecule has 0 fully saturated rings. The molecule has 2 rings (SSSR count). The molecule has 1 aromatic heterocycles. The van der Waals surface area contributed by atoms with E-state index in [9.17, 15) is 4.39 Å². The number of aromatic nitrogens is 2. The third kappa shape index (κ3) is 4.26. The van der Waals surface area contributed by atoms with E-state index in [4.69, 9.17) is 4.42 Å². The van der Waals surface area contributed by atoms with Gasteiger partial charge in [-0.25, -0.2) is 4.39 Å². The Morgan fingerprint density at radius 3 is 2.90 bits per heavy atom. The van der Waals surface area contributed by atoms with Crippen molar-refractivity contribution in [1.82, 2.24) is 15.5 Å². The van der Waals surface area contributed by atoms with E-state index in [1.54, 1.807) is 11.0 Å². The summed E-state index contributed by atoms with van der Waals surface area (Å²) in [4.78, 5) is 1.80. The third-order valence-corrected chi connectivity index (χ3v) is 3.14. The van der Waals surface area contributed by atoms with Crippen LogP contribution in [0.5, 0.6) is 0 Å². The molecule has 0 aliphatic carbocycles. The molecular weight excluding hydrogens is 271 g/mol. The van der Waals surface area contributed by atoms with Crippen LogP contribution >= 0.6 is 0 Å². The molecule has 0 saturated heterocycles. The summed E-state index contributed by atoms with van der Waals surface area (Å²) in [5.41, 5.74) is 0.856. The van der Waals surface area contributed by atoms with Crippen LogP contribution in [0.4, 0.5) is 10.4 Å². The predicted molar refractivity (Wildman–Crippen MR) is 79.5 cm³/mol. The smallest absolute Gasteiger partial charge is 0.318 e. The van der Waals surface area contributed by atoms with Gasteiger partial charge in [-0.3, -0.25) is 0 Å². The Labute approximate surface area is 124 Å². The van der Waals surface area contributed by atoms with Crippen LogP contribution in [0.2, 0.25) is 0 Å². The zero-order valence-corrected chi connectivity index (χ0v) is 12.6. The maximum absolute atomic E-state index is 13.2. The van der Waals surface area contributed by atoms with Gasteiger partial charge >= 0.3 is 6.01 Å². The molecule has 1 aromatic carbocycles. The van der Waals surface area contributed by atoms with E-state index in [2.05, 4.69) is 22.4 Å². The first-order valence-electron chi connectivity index (χ1n) is 7.12. The van der Waals surface area contributed by atoms with Crippen molar-refractivity contribution in [3.63, 3.8) is 0 Å². The molecule has 0 spiro atoms. The number of nitrogens with zero attached hydrogens (tertiary/aromatic N) is 3. The van der Waals surface area contributed by atoms with E-state index in [1.165, 1.54) is 12.1 Å². The van der Waals surface area contributed by atoms with Gasteiger partial charge in [0.1, 0.15) is 5.82 Å². The highest BCUT2D eigenvalue weighted by atomic mass is 19.1. The maximum atomic E-state index is 13.2. The second-order valence-corrected chi connectivity index (χ2v) is 5.08. The minimum Gasteiger partial charge on any atom is -0.406 e. The first kappa shape index (κ1) is 15.4. The van der Waals surface area contributed by atoms with Crippen molar-refractivity contribution >= 4 is 6.01 Å². The Hall–Kier alpha value is -1.95. The first-order valence-corrected chi connectivity index (χ1v) is 7.12. The SMILES string of the molecule is CCCNC(C)c1nnc(N(C)Cc2cccc(F)c2)o1. The normalized spacial score (nSPS) is 12.4. The maximum Gasteiger partial charge on any atom is 0.318 e. The van der Waals surface area contributed by atoms with Gasteiger partial charge in [-0.1, -0.05) is 24.2 Å². The number of halogens is 1. The molecule has 0 aliphatic rings. The molecule has 1 N–H and O–H groups in total.